The molecule has 0 aliphatic carbocycles. The fourth-order valence-electron chi connectivity index (χ4n) is 2.28. The molecule has 0 aliphatic rings. The van der Waals surface area contributed by atoms with E-state index in [1.807, 2.05) is 0 Å². The number of aliphatic carboxylic acids is 1. The first kappa shape index (κ1) is 19.1. The third-order valence-corrected chi connectivity index (χ3v) is 3.59. The molecule has 1 rings (SSSR count). The second kappa shape index (κ2) is 9.91. The lowest BCUT2D eigenvalue weighted by atomic mass is 10.1. The van der Waals surface area contributed by atoms with Crippen molar-refractivity contribution in [3.8, 4) is 17.2 Å². The Morgan fingerprint density at radius 2 is 1.78 bits per heavy atom. The Kier molecular flexibility index (Phi) is 8.21. The first-order chi connectivity index (χ1) is 11.1. The first-order valence-corrected chi connectivity index (χ1v) is 7.52. The SMILES string of the molecule is COc1cc(OC)c(CNC(CCCCN)C(=O)O)c(OC)c1. The highest BCUT2D eigenvalue weighted by atomic mass is 16.5. The lowest BCUT2D eigenvalue weighted by molar-refractivity contribution is -0.139. The minimum atomic E-state index is -0.881. The molecule has 7 nitrogen and oxygen atoms in total. The molecule has 0 aromatic heterocycles. The standard InChI is InChI=1S/C16H26N2O5/c1-21-11-8-14(22-2)12(15(9-11)23-3)10-18-13(16(19)20)6-4-5-7-17/h8-9,13,18H,4-7,10,17H2,1-3H3,(H,19,20). The molecular weight excluding hydrogens is 300 g/mol. The molecule has 1 aromatic carbocycles. The molecule has 0 amide bonds. The van der Waals surface area contributed by atoms with Crippen LogP contribution in [-0.4, -0.2) is 45.0 Å². The van der Waals surface area contributed by atoms with Crippen LogP contribution in [0.5, 0.6) is 17.2 Å². The van der Waals surface area contributed by atoms with E-state index in [1.165, 1.54) is 0 Å². The van der Waals surface area contributed by atoms with Crippen molar-refractivity contribution in [1.29, 1.82) is 0 Å². The summed E-state index contributed by atoms with van der Waals surface area (Å²) < 4.78 is 15.9. The minimum Gasteiger partial charge on any atom is -0.496 e. The number of nitrogens with two attached hydrogens (primary N) is 1. The predicted octanol–water partition coefficient (Wildman–Crippen LogP) is 1.38. The Morgan fingerprint density at radius 3 is 2.22 bits per heavy atom. The van der Waals surface area contributed by atoms with Crippen LogP contribution in [-0.2, 0) is 11.3 Å². The largest absolute Gasteiger partial charge is 0.496 e. The highest BCUT2D eigenvalue weighted by Gasteiger charge is 2.19. The van der Waals surface area contributed by atoms with Gasteiger partial charge in [-0.05, 0) is 19.4 Å². The Morgan fingerprint density at radius 1 is 1.17 bits per heavy atom. The molecule has 1 aromatic rings. The van der Waals surface area contributed by atoms with Gasteiger partial charge in [0.05, 0.1) is 26.9 Å². The van der Waals surface area contributed by atoms with Gasteiger partial charge in [-0.2, -0.15) is 0 Å². The lowest BCUT2D eigenvalue weighted by Gasteiger charge is -2.18. The van der Waals surface area contributed by atoms with E-state index in [-0.39, 0.29) is 0 Å². The van der Waals surface area contributed by atoms with E-state index < -0.39 is 12.0 Å². The van der Waals surface area contributed by atoms with Crippen LogP contribution in [0.15, 0.2) is 12.1 Å². The van der Waals surface area contributed by atoms with E-state index in [0.29, 0.717) is 36.8 Å². The van der Waals surface area contributed by atoms with Crippen LogP contribution < -0.4 is 25.3 Å². The molecule has 0 aliphatic heterocycles. The van der Waals surface area contributed by atoms with Crippen molar-refractivity contribution in [1.82, 2.24) is 5.32 Å². The summed E-state index contributed by atoms with van der Waals surface area (Å²) in [5.74, 6) is 0.897. The maximum absolute atomic E-state index is 11.3. The van der Waals surface area contributed by atoms with Gasteiger partial charge in [-0.1, -0.05) is 6.42 Å². The van der Waals surface area contributed by atoms with Crippen molar-refractivity contribution in [2.75, 3.05) is 27.9 Å². The number of hydrogen-bond donors (Lipinski definition) is 3. The first-order valence-electron chi connectivity index (χ1n) is 7.52. The van der Waals surface area contributed by atoms with Crippen molar-refractivity contribution in [3.05, 3.63) is 17.7 Å². The molecule has 0 saturated heterocycles. The number of carboxylic acids is 1. The molecule has 1 unspecified atom stereocenters. The number of hydrogen-bond acceptors (Lipinski definition) is 6. The Bertz CT molecular complexity index is 482. The molecule has 7 heteroatoms. The molecule has 0 saturated carbocycles. The number of carbonyl (C=O) groups is 1. The van der Waals surface area contributed by atoms with Crippen molar-refractivity contribution in [2.45, 2.75) is 31.8 Å². The molecule has 4 N–H and O–H groups in total. The topological polar surface area (TPSA) is 103 Å². The van der Waals surface area contributed by atoms with Gasteiger partial charge in [0.1, 0.15) is 23.3 Å². The zero-order chi connectivity index (χ0) is 17.2. The quantitative estimate of drug-likeness (QED) is 0.528. The molecule has 130 valence electrons. The van der Waals surface area contributed by atoms with Crippen molar-refractivity contribution in [3.63, 3.8) is 0 Å². The third kappa shape index (κ3) is 5.61. The summed E-state index contributed by atoms with van der Waals surface area (Å²) in [5.41, 5.74) is 6.20. The molecule has 0 fully saturated rings. The normalized spacial score (nSPS) is 11.8. The zero-order valence-corrected chi connectivity index (χ0v) is 13.9. The lowest BCUT2D eigenvalue weighted by Crippen LogP contribution is -2.36. The van der Waals surface area contributed by atoms with Crippen molar-refractivity contribution in [2.24, 2.45) is 5.73 Å². The van der Waals surface area contributed by atoms with Crippen molar-refractivity contribution < 1.29 is 24.1 Å². The van der Waals surface area contributed by atoms with E-state index in [4.69, 9.17) is 19.9 Å². The summed E-state index contributed by atoms with van der Waals surface area (Å²) in [6.45, 7) is 0.877. The number of carboxylic acid groups (broad SMARTS) is 1. The van der Waals surface area contributed by atoms with E-state index in [2.05, 4.69) is 5.32 Å². The Balaban J connectivity index is 2.87. The van der Waals surface area contributed by atoms with Crippen LogP contribution in [0.4, 0.5) is 0 Å². The van der Waals surface area contributed by atoms with E-state index in [0.717, 1.165) is 18.4 Å². The zero-order valence-electron chi connectivity index (χ0n) is 13.9. The number of benzene rings is 1. The molecule has 0 radical (unpaired) electrons. The van der Waals surface area contributed by atoms with Gasteiger partial charge in [-0.25, -0.2) is 0 Å². The van der Waals surface area contributed by atoms with Gasteiger partial charge in [0.25, 0.3) is 0 Å². The maximum atomic E-state index is 11.3. The number of unbranched alkanes of at least 4 members (excludes halogenated alkanes) is 1. The molecular formula is C16H26N2O5. The monoisotopic (exact) mass is 326 g/mol. The van der Waals surface area contributed by atoms with Crippen LogP contribution >= 0.6 is 0 Å². The van der Waals surface area contributed by atoms with Gasteiger partial charge in [0.15, 0.2) is 0 Å². The summed E-state index contributed by atoms with van der Waals surface area (Å²) in [5, 5.41) is 12.3. The highest BCUT2D eigenvalue weighted by molar-refractivity contribution is 5.73. The van der Waals surface area contributed by atoms with Crippen LogP contribution in [0.25, 0.3) is 0 Å². The van der Waals surface area contributed by atoms with Crippen LogP contribution in [0.1, 0.15) is 24.8 Å². The smallest absolute Gasteiger partial charge is 0.320 e. The molecule has 0 spiro atoms. The highest BCUT2D eigenvalue weighted by Crippen LogP contribution is 2.34. The summed E-state index contributed by atoms with van der Waals surface area (Å²) in [7, 11) is 4.66. The van der Waals surface area contributed by atoms with Crippen LogP contribution in [0.3, 0.4) is 0 Å². The van der Waals surface area contributed by atoms with E-state index in [1.54, 1.807) is 33.5 Å². The Labute approximate surface area is 136 Å². The maximum Gasteiger partial charge on any atom is 0.320 e. The summed E-state index contributed by atoms with van der Waals surface area (Å²) in [6, 6.07) is 2.84. The summed E-state index contributed by atoms with van der Waals surface area (Å²) in [6.07, 6.45) is 2.09. The molecule has 0 bridgehead atoms. The van der Waals surface area contributed by atoms with Gasteiger partial charge < -0.3 is 30.4 Å². The second-order valence-electron chi connectivity index (χ2n) is 5.07. The second-order valence-corrected chi connectivity index (χ2v) is 5.07. The van der Waals surface area contributed by atoms with Crippen molar-refractivity contribution >= 4 is 5.97 Å². The molecule has 23 heavy (non-hydrogen) atoms. The van der Waals surface area contributed by atoms with Gasteiger partial charge >= 0.3 is 5.97 Å². The number of nitrogens with one attached hydrogen (secondary N) is 1. The molecule has 0 heterocycles. The fourth-order valence-corrected chi connectivity index (χ4v) is 2.28. The Hall–Kier alpha value is -1.99. The number of rotatable bonds is 11. The fraction of sp³-hybridized carbons (Fsp3) is 0.562. The van der Waals surface area contributed by atoms with Gasteiger partial charge in [0, 0.05) is 18.7 Å². The summed E-state index contributed by atoms with van der Waals surface area (Å²) >= 11 is 0. The van der Waals surface area contributed by atoms with Crippen LogP contribution in [0.2, 0.25) is 0 Å². The average molecular weight is 326 g/mol. The number of ether oxygens (including phenoxy) is 3. The minimum absolute atomic E-state index is 0.315. The van der Waals surface area contributed by atoms with Gasteiger partial charge in [0.2, 0.25) is 0 Å². The third-order valence-electron chi connectivity index (χ3n) is 3.59. The van der Waals surface area contributed by atoms with E-state index in [9.17, 15) is 9.90 Å². The van der Waals surface area contributed by atoms with Crippen LogP contribution in [0, 0.1) is 0 Å². The van der Waals surface area contributed by atoms with Gasteiger partial charge in [-0.15, -0.1) is 0 Å². The predicted molar refractivity (Wildman–Crippen MR) is 87.3 cm³/mol. The molecule has 1 atom stereocenters. The summed E-state index contributed by atoms with van der Waals surface area (Å²) in [4.78, 5) is 11.3. The van der Waals surface area contributed by atoms with Gasteiger partial charge in [-0.3, -0.25) is 4.79 Å². The average Bonchev–Trinajstić information content (AvgIpc) is 2.56. The number of methoxy groups -OCH3 is 3. The van der Waals surface area contributed by atoms with E-state index >= 15 is 0 Å².